The summed E-state index contributed by atoms with van der Waals surface area (Å²) in [4.78, 5) is 35.9. The molecule has 8 aromatic carbocycles. The molecule has 146 heavy (non-hydrogen) atoms. The lowest BCUT2D eigenvalue weighted by atomic mass is 9.54. The van der Waals surface area contributed by atoms with E-state index in [2.05, 4.69) is 20.7 Å². The monoisotopic (exact) mass is 2290 g/mol. The molecule has 2 spiro atoms. The van der Waals surface area contributed by atoms with Gasteiger partial charge in [0.1, 0.15) is 89.0 Å². The molecule has 10 aliphatic rings. The van der Waals surface area contributed by atoms with E-state index >= 15 is 17.6 Å². The molecule has 2 saturated heterocycles. The molecule has 8 aromatic rings. The highest BCUT2D eigenvalue weighted by Gasteiger charge is 2.70. The normalized spacial score (nSPS) is 25.2. The molecule has 6 fully saturated rings. The zero-order valence-electron chi connectivity index (χ0n) is 77.2. The summed E-state index contributed by atoms with van der Waals surface area (Å²) in [6.45, 7) is -1.09. The van der Waals surface area contributed by atoms with Gasteiger partial charge < -0.3 is 61.9 Å². The van der Waals surface area contributed by atoms with Gasteiger partial charge in [0.15, 0.2) is 57.8 Å². The molecule has 0 bridgehead atoms. The molecule has 6 heterocycles. The molecule has 0 radical (unpaired) electrons. The van der Waals surface area contributed by atoms with Gasteiger partial charge >= 0.3 is 22.5 Å². The Hall–Kier alpha value is -7.90. The quantitative estimate of drug-likeness (QED) is 0.0254. The number of carbonyl (C=O) groups excluding carboxylic acids is 3. The van der Waals surface area contributed by atoms with Crippen LogP contribution in [0.2, 0.25) is 20.1 Å². The molecule has 1 N–H and O–H groups in total. The Bertz CT molecular complexity index is 6280. The lowest BCUT2D eigenvalue weighted by Gasteiger charge is -2.59. The Labute approximate surface area is 860 Å². The predicted octanol–water partition coefficient (Wildman–Crippen LogP) is 21.4. The first-order valence-corrected chi connectivity index (χ1v) is 53.9. The second-order valence-corrected chi connectivity index (χ2v) is 46.7. The average molecular weight is 2300 g/mol. The number of hydrogen-bond donors (Lipinski definition) is 1. The molecule has 0 unspecified atom stereocenters. The summed E-state index contributed by atoms with van der Waals surface area (Å²) in [6.07, 6.45) is -0.105. The number of thioether (sulfide) groups is 1. The second kappa shape index (κ2) is 44.4. The summed E-state index contributed by atoms with van der Waals surface area (Å²) >= 11 is 28.3. The first kappa shape index (κ1) is 114. The third-order valence-corrected chi connectivity index (χ3v) is 35.7. The number of benzene rings is 8. The number of ketones is 2. The highest BCUT2D eigenvalue weighted by atomic mass is 79.9. The zero-order valence-corrected chi connectivity index (χ0v) is 85.0. The number of methoxy groups -OCH3 is 1. The molecule has 4 aliphatic carbocycles. The van der Waals surface area contributed by atoms with Gasteiger partial charge in [-0.15, -0.1) is 11.8 Å². The van der Waals surface area contributed by atoms with E-state index in [-0.39, 0.29) is 172 Å². The second-order valence-electron chi connectivity index (χ2n) is 36.8. The van der Waals surface area contributed by atoms with Gasteiger partial charge in [-0.25, -0.2) is 60.4 Å². The number of carbonyl (C=O) groups is 3. The number of Topliss-reactive ketones (excluding diaryl/α,β-unsaturated/α-hetero) is 2. The standard InChI is InChI=1S/C26H26ClF5O6S.2C24H22ClF5O5S.C21H19ClF2O4S.C3H5BrO2/c27-18-4-2-17(3-5-18)14-23-8-9-25(37-11-12-38-25)15-24(23,36-10-1-13-39(33,34)26(30,31)32)16-35-22-20(29)7-6-19(28)21(22)23;2*25-16-4-2-15(3-5-16)12-22-9-8-17(31)13-23(22,35-10-1-11-36(32,33)24(28,29)30)14-34-21-19(27)7-6-18(26)20(21)22;22-13-1-3-14(4-2-13)29-21-8-7-20(27-9-10-28-20)11-19(21,25)12-26-18-16(24)6-5-15(23)17(18)21;1-6-3(5)2-4/h2-7H,1,8-16H2;2*2-7H,1,8-14H2;1-6,25H,7-12H2;2H2,1H3/t23-,24+;2*22-,23+;19-,21+;/m1110./s1. The first-order valence-electron chi connectivity index (χ1n) is 45.5. The Morgan fingerprint density at radius 1 is 0.397 bits per heavy atom. The molecule has 6 aliphatic heterocycles. The number of fused-ring (bicyclic) bond motifs is 12. The number of alkyl halides is 10. The minimum atomic E-state index is -5.40. The Morgan fingerprint density at radius 3 is 1.03 bits per heavy atom. The highest BCUT2D eigenvalue weighted by Crippen LogP contribution is 2.66. The minimum absolute atomic E-state index is 0.00893. The fourth-order valence-corrected chi connectivity index (χ4v) is 25.5. The van der Waals surface area contributed by atoms with Crippen molar-refractivity contribution in [2.24, 2.45) is 0 Å². The smallest absolute Gasteiger partial charge is 0.487 e. The van der Waals surface area contributed by atoms with E-state index in [9.17, 15) is 102 Å². The fraction of sp³-hybridized carbons (Fsp3) is 0.480. The van der Waals surface area contributed by atoms with E-state index in [1.54, 1.807) is 97.1 Å². The first-order chi connectivity index (χ1) is 68.6. The van der Waals surface area contributed by atoms with Crippen molar-refractivity contribution in [3.63, 3.8) is 0 Å². The summed E-state index contributed by atoms with van der Waals surface area (Å²) in [5, 5.41) is 14.1. The van der Waals surface area contributed by atoms with Gasteiger partial charge in [-0.05, 0) is 190 Å². The Morgan fingerprint density at radius 2 is 0.692 bits per heavy atom. The third-order valence-electron chi connectivity index (χ3n) is 28.0. The SMILES string of the molecule is COC(=O)CBr.O=C1CC[C@@]2(Cc3ccc(Cl)cc3)c3c(F)ccc(F)c3OC[C@@]2(OCCCS(=O)(=O)C(F)(F)F)C1.O=C1CC[C@@]2(Cc3ccc(Cl)cc3)c3c(F)ccc(F)c3OC[C@@]2(OCCCS(=O)(=O)C(F)(F)F)C1.O=S(=O)(CCCO[C@@]12COc3c(F)ccc(F)c3[C@]1(Cc1ccc(Cl)cc1)CCC1(C2)OCCO1)C(F)(F)F.O[C@@]12COc3c(F)ccc(F)c3[C@]1(Sc1ccc(Cl)cc1)CCC1(C2)OCCO1. The van der Waals surface area contributed by atoms with E-state index < -0.39 is 204 Å². The van der Waals surface area contributed by atoms with E-state index in [4.69, 9.17) is 98.5 Å². The van der Waals surface area contributed by atoms with Crippen LogP contribution < -0.4 is 18.9 Å². The van der Waals surface area contributed by atoms with Crippen LogP contribution in [0.4, 0.5) is 74.6 Å². The van der Waals surface area contributed by atoms with Crippen molar-refractivity contribution in [3.8, 4) is 23.0 Å². The van der Waals surface area contributed by atoms with Crippen LogP contribution in [0.5, 0.6) is 23.0 Å². The van der Waals surface area contributed by atoms with Crippen LogP contribution in [0.15, 0.2) is 150 Å². The number of ether oxygens (including phenoxy) is 12. The lowest BCUT2D eigenvalue weighted by molar-refractivity contribution is -0.263. The Kier molecular flexibility index (Phi) is 34.6. The number of esters is 1. The zero-order chi connectivity index (χ0) is 106. The molecular weight excluding hydrogens is 2200 g/mol. The molecule has 4 saturated carbocycles. The van der Waals surface area contributed by atoms with Gasteiger partial charge in [-0.3, -0.25) is 14.4 Å². The van der Waals surface area contributed by atoms with Crippen LogP contribution in [0.3, 0.4) is 0 Å². The summed E-state index contributed by atoms with van der Waals surface area (Å²) < 4.78 is 372. The fourth-order valence-electron chi connectivity index (χ4n) is 21.1. The lowest BCUT2D eigenvalue weighted by Crippen LogP contribution is -2.67. The summed E-state index contributed by atoms with van der Waals surface area (Å²) in [5.74, 6) is -13.3. The molecular formula is C98H94BrCl4F17O22S4. The van der Waals surface area contributed by atoms with Crippen LogP contribution in [0.25, 0.3) is 0 Å². The van der Waals surface area contributed by atoms with Crippen LogP contribution in [-0.4, -0.2) is 201 Å². The summed E-state index contributed by atoms with van der Waals surface area (Å²) in [6, 6.07) is 35.0. The van der Waals surface area contributed by atoms with Crippen molar-refractivity contribution >= 4 is 121 Å². The van der Waals surface area contributed by atoms with E-state index in [0.29, 0.717) is 76.9 Å². The maximum atomic E-state index is 15.7. The van der Waals surface area contributed by atoms with Crippen molar-refractivity contribution in [1.29, 1.82) is 0 Å². The molecule has 22 nitrogen and oxygen atoms in total. The van der Waals surface area contributed by atoms with Crippen LogP contribution in [0.1, 0.15) is 135 Å². The number of halogens is 22. The van der Waals surface area contributed by atoms with Crippen molar-refractivity contribution in [2.75, 3.05) is 102 Å². The van der Waals surface area contributed by atoms with E-state index in [1.165, 1.54) is 18.9 Å². The maximum absolute atomic E-state index is 15.7. The Balaban J connectivity index is 0.000000151. The topological polar surface area (TPSA) is 285 Å². The van der Waals surface area contributed by atoms with E-state index in [0.717, 1.165) is 59.0 Å². The van der Waals surface area contributed by atoms with Crippen molar-refractivity contribution in [3.05, 3.63) is 251 Å². The van der Waals surface area contributed by atoms with Crippen LogP contribution >= 0.6 is 74.1 Å². The molecule has 8 atom stereocenters. The number of hydrogen-bond acceptors (Lipinski definition) is 23. The maximum Gasteiger partial charge on any atom is 0.497 e. The van der Waals surface area contributed by atoms with Crippen molar-refractivity contribution < 1.29 is 176 Å². The molecule has 48 heteroatoms. The van der Waals surface area contributed by atoms with Gasteiger partial charge in [0.25, 0.3) is 0 Å². The van der Waals surface area contributed by atoms with Crippen LogP contribution in [0, 0.1) is 46.5 Å². The van der Waals surface area contributed by atoms with Gasteiger partial charge in [0, 0.05) is 129 Å². The number of aliphatic hydroxyl groups is 1. The molecule has 18 rings (SSSR count). The third kappa shape index (κ3) is 23.1. The molecule has 0 aromatic heterocycles. The van der Waals surface area contributed by atoms with Gasteiger partial charge in [-0.1, -0.05) is 98.7 Å². The van der Waals surface area contributed by atoms with Crippen molar-refractivity contribution in [2.45, 2.75) is 192 Å². The number of rotatable bonds is 24. The average Bonchev–Trinajstić information content (AvgIpc) is 1.11. The summed E-state index contributed by atoms with van der Waals surface area (Å²) in [7, 11) is -14.8. The predicted molar refractivity (Wildman–Crippen MR) is 502 cm³/mol. The van der Waals surface area contributed by atoms with Gasteiger partial charge in [0.2, 0.25) is 29.5 Å². The molecule has 796 valence electrons. The van der Waals surface area contributed by atoms with Crippen LogP contribution in [-0.2, 0) is 122 Å². The number of sulfone groups is 3. The summed E-state index contributed by atoms with van der Waals surface area (Å²) in [5.41, 5.74) is -24.3. The van der Waals surface area contributed by atoms with E-state index in [1.807, 2.05) is 0 Å². The molecule has 0 amide bonds. The van der Waals surface area contributed by atoms with Gasteiger partial charge in [-0.2, -0.15) is 39.5 Å². The largest absolute Gasteiger partial charge is 0.497 e. The van der Waals surface area contributed by atoms with Crippen molar-refractivity contribution in [1.82, 2.24) is 0 Å². The highest BCUT2D eigenvalue weighted by molar-refractivity contribution is 9.09. The van der Waals surface area contributed by atoms with Gasteiger partial charge in [0.05, 0.1) is 61.1 Å². The minimum Gasteiger partial charge on any atom is -0.487 e.